The first kappa shape index (κ1) is 22.3. The molecule has 2 saturated heterocycles. The van der Waals surface area contributed by atoms with Crippen LogP contribution in [0, 0.1) is 0 Å². The standard InChI is InChI=1S/C22H25N3O6S/c1-30-19-9-8-16(15-20(19)32(28,29)24-11-13-31-14-12-24)22(27)23-17-5-2-3-6-18(17)25-10-4-7-21(25)26/h2-3,5-6,8-9,15H,4,7,10-14H2,1H3,(H,23,27). The molecule has 0 aliphatic carbocycles. The minimum Gasteiger partial charge on any atom is -0.495 e. The number of anilines is 2. The molecule has 32 heavy (non-hydrogen) atoms. The van der Waals surface area contributed by atoms with Crippen LogP contribution in [0.25, 0.3) is 0 Å². The zero-order valence-electron chi connectivity index (χ0n) is 17.7. The van der Waals surface area contributed by atoms with Gasteiger partial charge in [-0.25, -0.2) is 8.42 Å². The Labute approximate surface area is 187 Å². The van der Waals surface area contributed by atoms with Gasteiger partial charge in [0.15, 0.2) is 0 Å². The van der Waals surface area contributed by atoms with Crippen molar-refractivity contribution in [3.63, 3.8) is 0 Å². The topological polar surface area (TPSA) is 105 Å². The Morgan fingerprint density at radius 3 is 2.53 bits per heavy atom. The van der Waals surface area contributed by atoms with Crippen molar-refractivity contribution in [2.45, 2.75) is 17.7 Å². The van der Waals surface area contributed by atoms with Crippen LogP contribution in [0.4, 0.5) is 11.4 Å². The summed E-state index contributed by atoms with van der Waals surface area (Å²) in [5, 5.41) is 2.82. The molecule has 1 N–H and O–H groups in total. The third-order valence-electron chi connectivity index (χ3n) is 5.53. The average molecular weight is 460 g/mol. The zero-order chi connectivity index (χ0) is 22.7. The Hall–Kier alpha value is -2.95. The lowest BCUT2D eigenvalue weighted by Gasteiger charge is -2.26. The van der Waals surface area contributed by atoms with Gasteiger partial charge in [0.2, 0.25) is 15.9 Å². The number of ether oxygens (including phenoxy) is 2. The van der Waals surface area contributed by atoms with Crippen LogP contribution in [-0.2, 0) is 19.6 Å². The van der Waals surface area contributed by atoms with Crippen molar-refractivity contribution in [3.8, 4) is 5.75 Å². The smallest absolute Gasteiger partial charge is 0.255 e. The molecule has 2 aliphatic rings. The second-order valence-electron chi connectivity index (χ2n) is 7.50. The van der Waals surface area contributed by atoms with E-state index in [1.807, 2.05) is 0 Å². The highest BCUT2D eigenvalue weighted by atomic mass is 32.2. The largest absolute Gasteiger partial charge is 0.495 e. The van der Waals surface area contributed by atoms with Crippen LogP contribution in [0.15, 0.2) is 47.4 Å². The molecule has 2 amide bonds. The Kier molecular flexibility index (Phi) is 6.45. The number of nitrogens with zero attached hydrogens (tertiary/aromatic N) is 2. The SMILES string of the molecule is COc1ccc(C(=O)Nc2ccccc2N2CCCC2=O)cc1S(=O)(=O)N1CCOCC1. The third-order valence-corrected chi connectivity index (χ3v) is 7.45. The zero-order valence-corrected chi connectivity index (χ0v) is 18.6. The first-order valence-electron chi connectivity index (χ1n) is 10.4. The molecule has 10 heteroatoms. The number of benzene rings is 2. The molecule has 2 fully saturated rings. The van der Waals surface area contributed by atoms with Crippen LogP contribution in [0.3, 0.4) is 0 Å². The van der Waals surface area contributed by atoms with Gasteiger partial charge in [-0.1, -0.05) is 12.1 Å². The van der Waals surface area contributed by atoms with E-state index in [9.17, 15) is 18.0 Å². The van der Waals surface area contributed by atoms with E-state index in [4.69, 9.17) is 9.47 Å². The van der Waals surface area contributed by atoms with Crippen LogP contribution in [0.5, 0.6) is 5.75 Å². The molecule has 0 aromatic heterocycles. The highest BCUT2D eigenvalue weighted by Crippen LogP contribution is 2.31. The van der Waals surface area contributed by atoms with Crippen molar-refractivity contribution in [1.29, 1.82) is 0 Å². The van der Waals surface area contributed by atoms with Crippen LogP contribution in [-0.4, -0.2) is 64.5 Å². The Bertz CT molecular complexity index is 1130. The second-order valence-corrected chi connectivity index (χ2v) is 9.41. The van der Waals surface area contributed by atoms with Gasteiger partial charge in [0.05, 0.1) is 31.7 Å². The maximum Gasteiger partial charge on any atom is 0.255 e. The van der Waals surface area contributed by atoms with E-state index < -0.39 is 15.9 Å². The van der Waals surface area contributed by atoms with E-state index in [0.29, 0.717) is 37.6 Å². The summed E-state index contributed by atoms with van der Waals surface area (Å²) in [6.07, 6.45) is 1.24. The number of carbonyl (C=O) groups is 2. The van der Waals surface area contributed by atoms with Gasteiger partial charge in [0, 0.05) is 31.6 Å². The summed E-state index contributed by atoms with van der Waals surface area (Å²) in [5.74, 6) is -0.309. The molecule has 2 aromatic carbocycles. The molecule has 2 heterocycles. The minimum atomic E-state index is -3.87. The second kappa shape index (κ2) is 9.27. The van der Waals surface area contributed by atoms with Crippen LogP contribution >= 0.6 is 0 Å². The van der Waals surface area contributed by atoms with Crippen LogP contribution in [0.2, 0.25) is 0 Å². The lowest BCUT2D eigenvalue weighted by atomic mass is 10.2. The van der Waals surface area contributed by atoms with Crippen molar-refractivity contribution in [2.75, 3.05) is 50.2 Å². The summed E-state index contributed by atoms with van der Waals surface area (Å²) in [5.41, 5.74) is 1.28. The molecular formula is C22H25N3O6S. The lowest BCUT2D eigenvalue weighted by molar-refractivity contribution is -0.117. The maximum atomic E-state index is 13.2. The summed E-state index contributed by atoms with van der Waals surface area (Å²) in [6.45, 7) is 1.69. The van der Waals surface area contributed by atoms with E-state index in [0.717, 1.165) is 6.42 Å². The lowest BCUT2D eigenvalue weighted by Crippen LogP contribution is -2.40. The van der Waals surface area contributed by atoms with E-state index in [2.05, 4.69) is 5.32 Å². The van der Waals surface area contributed by atoms with Crippen molar-refractivity contribution in [2.24, 2.45) is 0 Å². The number of hydrogen-bond acceptors (Lipinski definition) is 6. The highest BCUT2D eigenvalue weighted by Gasteiger charge is 2.30. The number of nitrogens with one attached hydrogen (secondary N) is 1. The number of amides is 2. The van der Waals surface area contributed by atoms with E-state index >= 15 is 0 Å². The van der Waals surface area contributed by atoms with Crippen LogP contribution < -0.4 is 15.0 Å². The quantitative estimate of drug-likeness (QED) is 0.709. The molecule has 2 aromatic rings. The van der Waals surface area contributed by atoms with Gasteiger partial charge in [0.1, 0.15) is 10.6 Å². The van der Waals surface area contributed by atoms with Gasteiger partial charge in [0.25, 0.3) is 5.91 Å². The molecule has 170 valence electrons. The van der Waals surface area contributed by atoms with Gasteiger partial charge < -0.3 is 19.7 Å². The van der Waals surface area contributed by atoms with E-state index in [1.165, 1.54) is 29.6 Å². The molecule has 0 unspecified atom stereocenters. The summed E-state index contributed by atoms with van der Waals surface area (Å²) in [6, 6.07) is 11.4. The van der Waals surface area contributed by atoms with Gasteiger partial charge >= 0.3 is 0 Å². The summed E-state index contributed by atoms with van der Waals surface area (Å²) < 4.78 is 38.2. The number of methoxy groups -OCH3 is 1. The van der Waals surface area contributed by atoms with Crippen LogP contribution in [0.1, 0.15) is 23.2 Å². The maximum absolute atomic E-state index is 13.2. The summed E-state index contributed by atoms with van der Waals surface area (Å²) in [4.78, 5) is 26.8. The molecule has 0 saturated carbocycles. The molecule has 2 aliphatic heterocycles. The molecular weight excluding hydrogens is 434 g/mol. The Morgan fingerprint density at radius 2 is 1.84 bits per heavy atom. The van der Waals surface area contributed by atoms with Crippen molar-refractivity contribution in [3.05, 3.63) is 48.0 Å². The van der Waals surface area contributed by atoms with Crippen molar-refractivity contribution in [1.82, 2.24) is 4.31 Å². The number of morpholine rings is 1. The minimum absolute atomic E-state index is 0.00929. The van der Waals surface area contributed by atoms with Gasteiger partial charge in [-0.2, -0.15) is 4.31 Å². The normalized spacial score (nSPS) is 17.4. The van der Waals surface area contributed by atoms with E-state index in [1.54, 1.807) is 29.2 Å². The first-order valence-corrected chi connectivity index (χ1v) is 11.8. The van der Waals surface area contributed by atoms with Gasteiger partial charge in [-0.05, 0) is 36.8 Å². The molecule has 0 bridgehead atoms. The molecule has 0 radical (unpaired) electrons. The monoisotopic (exact) mass is 459 g/mol. The molecule has 0 atom stereocenters. The predicted octanol–water partition coefficient (Wildman–Crippen LogP) is 2.10. The summed E-state index contributed by atoms with van der Waals surface area (Å²) >= 11 is 0. The predicted molar refractivity (Wildman–Crippen MR) is 119 cm³/mol. The first-order chi connectivity index (χ1) is 15.4. The van der Waals surface area contributed by atoms with Gasteiger partial charge in [-0.15, -0.1) is 0 Å². The fraction of sp³-hybridized carbons (Fsp3) is 0.364. The number of hydrogen-bond donors (Lipinski definition) is 1. The Balaban J connectivity index is 1.63. The van der Waals surface area contributed by atoms with Gasteiger partial charge in [-0.3, -0.25) is 9.59 Å². The number of rotatable bonds is 6. The Morgan fingerprint density at radius 1 is 1.09 bits per heavy atom. The molecule has 9 nitrogen and oxygen atoms in total. The third kappa shape index (κ3) is 4.34. The fourth-order valence-corrected chi connectivity index (χ4v) is 5.45. The van der Waals surface area contributed by atoms with Crippen molar-refractivity contribution >= 4 is 33.2 Å². The molecule has 0 spiro atoms. The molecule has 4 rings (SSSR count). The number of sulfonamides is 1. The average Bonchev–Trinajstić information content (AvgIpc) is 3.25. The summed E-state index contributed by atoms with van der Waals surface area (Å²) in [7, 11) is -2.48. The number of carbonyl (C=O) groups excluding carboxylic acids is 2. The number of para-hydroxylation sites is 2. The van der Waals surface area contributed by atoms with Crippen molar-refractivity contribution < 1.29 is 27.5 Å². The highest BCUT2D eigenvalue weighted by molar-refractivity contribution is 7.89. The fourth-order valence-electron chi connectivity index (χ4n) is 3.86. The van der Waals surface area contributed by atoms with E-state index in [-0.39, 0.29) is 35.2 Å².